The number of carbonyl (C=O) groups excluding carboxylic acids is 1. The summed E-state index contributed by atoms with van der Waals surface area (Å²) < 4.78 is 5.70. The molecule has 0 aromatic heterocycles. The molecule has 0 saturated heterocycles. The molecule has 0 amide bonds. The average molecular weight is 343 g/mol. The van der Waals surface area contributed by atoms with Gasteiger partial charge in [-0.2, -0.15) is 0 Å². The highest BCUT2D eigenvalue weighted by atomic mass is 35.5. The Balaban J connectivity index is 1.82. The van der Waals surface area contributed by atoms with Gasteiger partial charge in [0.1, 0.15) is 11.5 Å². The zero-order valence-corrected chi connectivity index (χ0v) is 13.5. The molecule has 23 heavy (non-hydrogen) atoms. The number of rotatable bonds is 4. The van der Waals surface area contributed by atoms with E-state index in [2.05, 4.69) is 0 Å². The Hall–Kier alpha value is -2.29. The molecule has 0 radical (unpaired) electrons. The van der Waals surface area contributed by atoms with E-state index < -0.39 is 0 Å². The third-order valence-corrected chi connectivity index (χ3v) is 4.11. The van der Waals surface area contributed by atoms with Gasteiger partial charge in [-0.25, -0.2) is 0 Å². The van der Waals surface area contributed by atoms with E-state index >= 15 is 0 Å². The van der Waals surface area contributed by atoms with Gasteiger partial charge in [-0.1, -0.05) is 47.5 Å². The van der Waals surface area contributed by atoms with Gasteiger partial charge in [-0.3, -0.25) is 4.79 Å². The average Bonchev–Trinajstić information content (AvgIpc) is 2.58. The predicted octanol–water partition coefficient (Wildman–Crippen LogP) is 6.02. The Kier molecular flexibility index (Phi) is 4.65. The van der Waals surface area contributed by atoms with E-state index in [1.54, 1.807) is 42.5 Å². The highest BCUT2D eigenvalue weighted by Gasteiger charge is 2.14. The van der Waals surface area contributed by atoms with Crippen LogP contribution in [0, 0.1) is 0 Å². The first kappa shape index (κ1) is 15.6. The molecule has 4 heteroatoms. The van der Waals surface area contributed by atoms with E-state index in [4.69, 9.17) is 27.9 Å². The van der Waals surface area contributed by atoms with Gasteiger partial charge in [-0.15, -0.1) is 0 Å². The molecule has 0 bridgehead atoms. The molecule has 3 rings (SSSR count). The highest BCUT2D eigenvalue weighted by Crippen LogP contribution is 2.28. The minimum Gasteiger partial charge on any atom is -0.457 e. The minimum absolute atomic E-state index is 0.177. The lowest BCUT2D eigenvalue weighted by Gasteiger charge is -2.07. The monoisotopic (exact) mass is 342 g/mol. The van der Waals surface area contributed by atoms with Crippen LogP contribution >= 0.6 is 23.2 Å². The molecule has 0 fully saturated rings. The summed E-state index contributed by atoms with van der Waals surface area (Å²) in [7, 11) is 0. The van der Waals surface area contributed by atoms with Crippen molar-refractivity contribution in [3.63, 3.8) is 0 Å². The lowest BCUT2D eigenvalue weighted by molar-refractivity contribution is 0.103. The second kappa shape index (κ2) is 6.86. The number of hydrogen-bond acceptors (Lipinski definition) is 2. The van der Waals surface area contributed by atoms with Crippen molar-refractivity contribution in [3.05, 3.63) is 94.0 Å². The second-order valence-electron chi connectivity index (χ2n) is 4.87. The van der Waals surface area contributed by atoms with E-state index in [1.165, 1.54) is 0 Å². The lowest BCUT2D eigenvalue weighted by atomic mass is 10.0. The van der Waals surface area contributed by atoms with Crippen LogP contribution in [0.3, 0.4) is 0 Å². The molecule has 0 unspecified atom stereocenters. The van der Waals surface area contributed by atoms with Crippen LogP contribution in [0.4, 0.5) is 0 Å². The van der Waals surface area contributed by atoms with Gasteiger partial charge in [0.15, 0.2) is 5.78 Å². The summed E-state index contributed by atoms with van der Waals surface area (Å²) in [5, 5.41) is 0.630. The van der Waals surface area contributed by atoms with Crippen LogP contribution in [-0.4, -0.2) is 5.78 Å². The molecular weight excluding hydrogens is 331 g/mol. The molecule has 0 saturated carbocycles. The quantitative estimate of drug-likeness (QED) is 0.542. The van der Waals surface area contributed by atoms with Crippen LogP contribution in [0.5, 0.6) is 11.5 Å². The predicted molar refractivity (Wildman–Crippen MR) is 92.9 cm³/mol. The number of halogens is 2. The van der Waals surface area contributed by atoms with Crippen molar-refractivity contribution in [1.82, 2.24) is 0 Å². The molecule has 0 aliphatic carbocycles. The van der Waals surface area contributed by atoms with Crippen molar-refractivity contribution in [3.8, 4) is 11.5 Å². The second-order valence-corrected chi connectivity index (χ2v) is 5.66. The van der Waals surface area contributed by atoms with Crippen molar-refractivity contribution in [2.45, 2.75) is 0 Å². The number of benzene rings is 3. The Morgan fingerprint density at radius 1 is 0.739 bits per heavy atom. The first-order valence-electron chi connectivity index (χ1n) is 6.97. The summed E-state index contributed by atoms with van der Waals surface area (Å²) in [5.74, 6) is 1.22. The molecule has 114 valence electrons. The van der Waals surface area contributed by atoms with Crippen molar-refractivity contribution >= 4 is 29.0 Å². The Morgan fingerprint density at radius 3 is 2.09 bits per heavy atom. The number of para-hydroxylation sites is 1. The fourth-order valence-electron chi connectivity index (χ4n) is 2.13. The topological polar surface area (TPSA) is 26.3 Å². The molecule has 2 nitrogen and oxygen atoms in total. The van der Waals surface area contributed by atoms with Crippen LogP contribution in [-0.2, 0) is 0 Å². The van der Waals surface area contributed by atoms with Gasteiger partial charge in [-0.05, 0) is 48.5 Å². The maximum Gasteiger partial charge on any atom is 0.194 e. The number of carbonyl (C=O) groups is 1. The van der Waals surface area contributed by atoms with Gasteiger partial charge in [0.25, 0.3) is 0 Å². The van der Waals surface area contributed by atoms with E-state index in [1.807, 2.05) is 30.3 Å². The first-order valence-corrected chi connectivity index (χ1v) is 7.72. The van der Waals surface area contributed by atoms with Crippen LogP contribution in [0.2, 0.25) is 10.0 Å². The van der Waals surface area contributed by atoms with Crippen molar-refractivity contribution < 1.29 is 9.53 Å². The van der Waals surface area contributed by atoms with Gasteiger partial charge in [0, 0.05) is 11.1 Å². The summed E-state index contributed by atoms with van der Waals surface area (Å²) in [6.45, 7) is 0. The lowest BCUT2D eigenvalue weighted by Crippen LogP contribution is -2.02. The van der Waals surface area contributed by atoms with Crippen LogP contribution < -0.4 is 4.74 Å². The molecular formula is C19H12Cl2O2. The molecule has 0 spiro atoms. The number of hydrogen-bond donors (Lipinski definition) is 0. The number of ether oxygens (including phenoxy) is 1. The van der Waals surface area contributed by atoms with E-state index in [0.29, 0.717) is 21.9 Å². The van der Waals surface area contributed by atoms with Crippen molar-refractivity contribution in [2.75, 3.05) is 0 Å². The summed E-state index contributed by atoms with van der Waals surface area (Å²) in [4.78, 5) is 12.5. The van der Waals surface area contributed by atoms with Gasteiger partial charge in [0.05, 0.1) is 10.0 Å². The molecule has 3 aromatic carbocycles. The molecule has 0 N–H and O–H groups in total. The van der Waals surface area contributed by atoms with E-state index in [-0.39, 0.29) is 10.8 Å². The van der Waals surface area contributed by atoms with Gasteiger partial charge in [0.2, 0.25) is 0 Å². The third kappa shape index (κ3) is 3.55. The Labute approximate surface area is 144 Å². The molecule has 0 aliphatic heterocycles. The van der Waals surface area contributed by atoms with Crippen molar-refractivity contribution in [1.29, 1.82) is 0 Å². The normalized spacial score (nSPS) is 10.3. The van der Waals surface area contributed by atoms with Crippen LogP contribution in [0.15, 0.2) is 72.8 Å². The molecule has 0 heterocycles. The van der Waals surface area contributed by atoms with E-state index in [0.717, 1.165) is 5.75 Å². The fourth-order valence-corrected chi connectivity index (χ4v) is 2.52. The minimum atomic E-state index is -0.177. The summed E-state index contributed by atoms with van der Waals surface area (Å²) in [5.41, 5.74) is 0.908. The van der Waals surface area contributed by atoms with E-state index in [9.17, 15) is 4.79 Å². The molecule has 3 aromatic rings. The maximum absolute atomic E-state index is 12.5. The molecule has 0 aliphatic rings. The fraction of sp³-hybridized carbons (Fsp3) is 0. The van der Waals surface area contributed by atoms with Gasteiger partial charge < -0.3 is 4.74 Å². The highest BCUT2D eigenvalue weighted by molar-refractivity contribution is 6.44. The van der Waals surface area contributed by atoms with Crippen LogP contribution in [0.25, 0.3) is 0 Å². The largest absolute Gasteiger partial charge is 0.457 e. The molecule has 0 atom stereocenters. The standard InChI is InChI=1S/C19H12Cl2O2/c20-17-8-4-7-16(18(17)21)19(22)13-9-11-15(12-10-13)23-14-5-2-1-3-6-14/h1-12H. The SMILES string of the molecule is O=C(c1ccc(Oc2ccccc2)cc1)c1cccc(Cl)c1Cl. The zero-order chi connectivity index (χ0) is 16.2. The Morgan fingerprint density at radius 2 is 1.39 bits per heavy atom. The third-order valence-electron chi connectivity index (χ3n) is 3.29. The number of ketones is 1. The Bertz CT molecular complexity index is 828. The summed E-state index contributed by atoms with van der Waals surface area (Å²) in [6.07, 6.45) is 0. The summed E-state index contributed by atoms with van der Waals surface area (Å²) >= 11 is 12.1. The summed E-state index contributed by atoms with van der Waals surface area (Å²) in [6, 6.07) is 21.4. The van der Waals surface area contributed by atoms with Crippen LogP contribution in [0.1, 0.15) is 15.9 Å². The maximum atomic E-state index is 12.5. The van der Waals surface area contributed by atoms with Gasteiger partial charge >= 0.3 is 0 Å². The first-order chi connectivity index (χ1) is 11.1. The smallest absolute Gasteiger partial charge is 0.194 e. The zero-order valence-electron chi connectivity index (χ0n) is 12.0. The van der Waals surface area contributed by atoms with Crippen molar-refractivity contribution in [2.24, 2.45) is 0 Å².